The molecule has 0 unspecified atom stereocenters. The first-order valence-electron chi connectivity index (χ1n) is 7.82. The lowest BCUT2D eigenvalue weighted by Gasteiger charge is -2.05. The number of hydrogen-bond acceptors (Lipinski definition) is 4. The zero-order chi connectivity index (χ0) is 16.9. The summed E-state index contributed by atoms with van der Waals surface area (Å²) in [6, 6.07) is 7.51. The van der Waals surface area contributed by atoms with E-state index in [1.807, 2.05) is 24.3 Å². The SMILES string of the molecule is O=C(Cn1cc(NC(=O)C2CC2)nn1)NCCc1ccc(Cl)cc1. The maximum Gasteiger partial charge on any atom is 0.241 e. The van der Waals surface area contributed by atoms with Gasteiger partial charge in [-0.1, -0.05) is 28.9 Å². The molecule has 2 aromatic rings. The molecular formula is C16H18ClN5O2. The molecule has 1 fully saturated rings. The van der Waals surface area contributed by atoms with E-state index in [0.717, 1.165) is 24.8 Å². The van der Waals surface area contributed by atoms with Crippen LogP contribution in [0.25, 0.3) is 0 Å². The third kappa shape index (κ3) is 4.79. The second-order valence-corrected chi connectivity index (χ2v) is 6.23. The van der Waals surface area contributed by atoms with Crippen LogP contribution in [-0.2, 0) is 22.6 Å². The average molecular weight is 348 g/mol. The highest BCUT2D eigenvalue weighted by Gasteiger charge is 2.30. The number of anilines is 1. The Morgan fingerprint density at radius 1 is 1.25 bits per heavy atom. The topological polar surface area (TPSA) is 88.9 Å². The summed E-state index contributed by atoms with van der Waals surface area (Å²) < 4.78 is 1.40. The van der Waals surface area contributed by atoms with Crippen molar-refractivity contribution < 1.29 is 9.59 Å². The van der Waals surface area contributed by atoms with Crippen molar-refractivity contribution in [2.75, 3.05) is 11.9 Å². The van der Waals surface area contributed by atoms with E-state index in [2.05, 4.69) is 20.9 Å². The molecule has 8 heteroatoms. The van der Waals surface area contributed by atoms with Gasteiger partial charge in [0.2, 0.25) is 11.8 Å². The van der Waals surface area contributed by atoms with E-state index in [1.165, 1.54) is 4.68 Å². The van der Waals surface area contributed by atoms with Gasteiger partial charge in [-0.2, -0.15) is 0 Å². The van der Waals surface area contributed by atoms with Gasteiger partial charge in [0.25, 0.3) is 0 Å². The maximum atomic E-state index is 11.9. The molecule has 126 valence electrons. The number of halogens is 1. The van der Waals surface area contributed by atoms with E-state index in [1.54, 1.807) is 6.20 Å². The summed E-state index contributed by atoms with van der Waals surface area (Å²) in [5, 5.41) is 13.9. The molecule has 3 rings (SSSR count). The number of aromatic nitrogens is 3. The summed E-state index contributed by atoms with van der Waals surface area (Å²) in [5.41, 5.74) is 1.10. The Hall–Kier alpha value is -2.41. The van der Waals surface area contributed by atoms with Gasteiger partial charge in [0.05, 0.1) is 6.20 Å². The van der Waals surface area contributed by atoms with Crippen LogP contribution in [0.2, 0.25) is 5.02 Å². The summed E-state index contributed by atoms with van der Waals surface area (Å²) in [6.45, 7) is 0.591. The molecule has 1 aromatic heterocycles. The fraction of sp³-hybridized carbons (Fsp3) is 0.375. The molecule has 0 bridgehead atoms. The largest absolute Gasteiger partial charge is 0.354 e. The van der Waals surface area contributed by atoms with Crippen LogP contribution < -0.4 is 10.6 Å². The normalized spacial score (nSPS) is 13.5. The number of rotatable bonds is 7. The zero-order valence-electron chi connectivity index (χ0n) is 13.0. The first kappa shape index (κ1) is 16.4. The van der Waals surface area contributed by atoms with E-state index in [0.29, 0.717) is 17.4 Å². The number of hydrogen-bond donors (Lipinski definition) is 2. The molecule has 0 saturated heterocycles. The van der Waals surface area contributed by atoms with E-state index < -0.39 is 0 Å². The summed E-state index contributed by atoms with van der Waals surface area (Å²) in [5.74, 6) is 0.288. The maximum absolute atomic E-state index is 11.9. The molecule has 1 saturated carbocycles. The summed E-state index contributed by atoms with van der Waals surface area (Å²) in [6.07, 6.45) is 4.13. The van der Waals surface area contributed by atoms with Crippen LogP contribution in [0.5, 0.6) is 0 Å². The minimum absolute atomic E-state index is 0.0329. The Morgan fingerprint density at radius 3 is 2.71 bits per heavy atom. The monoisotopic (exact) mass is 347 g/mol. The predicted molar refractivity (Wildman–Crippen MR) is 89.5 cm³/mol. The van der Waals surface area contributed by atoms with Crippen LogP contribution in [-0.4, -0.2) is 33.4 Å². The van der Waals surface area contributed by atoms with Crippen molar-refractivity contribution in [3.05, 3.63) is 41.0 Å². The standard InChI is InChI=1S/C16H18ClN5O2/c17-13-5-1-11(2-6-13)7-8-18-15(23)10-22-9-14(20-21-22)19-16(24)12-3-4-12/h1-2,5-6,9,12H,3-4,7-8,10H2,(H,18,23)(H,19,24). The fourth-order valence-corrected chi connectivity index (χ4v) is 2.33. The van der Waals surface area contributed by atoms with Crippen molar-refractivity contribution in [2.24, 2.45) is 5.92 Å². The Balaban J connectivity index is 1.40. The molecule has 1 aliphatic carbocycles. The molecule has 1 aliphatic rings. The van der Waals surface area contributed by atoms with Crippen LogP contribution in [0.1, 0.15) is 18.4 Å². The molecule has 0 aliphatic heterocycles. The molecule has 1 heterocycles. The lowest BCUT2D eigenvalue weighted by atomic mass is 10.1. The summed E-state index contributed by atoms with van der Waals surface area (Å²) in [7, 11) is 0. The Labute approximate surface area is 144 Å². The fourth-order valence-electron chi connectivity index (χ4n) is 2.21. The molecule has 7 nitrogen and oxygen atoms in total. The van der Waals surface area contributed by atoms with Crippen molar-refractivity contribution in [1.82, 2.24) is 20.3 Å². The average Bonchev–Trinajstić information content (AvgIpc) is 3.32. The molecule has 2 amide bonds. The molecule has 0 radical (unpaired) electrons. The third-order valence-electron chi connectivity index (χ3n) is 3.69. The highest BCUT2D eigenvalue weighted by molar-refractivity contribution is 6.30. The number of carbonyl (C=O) groups is 2. The lowest BCUT2D eigenvalue weighted by Crippen LogP contribution is -2.29. The first-order valence-corrected chi connectivity index (χ1v) is 8.20. The van der Waals surface area contributed by atoms with Gasteiger partial charge in [0.1, 0.15) is 6.54 Å². The first-order chi connectivity index (χ1) is 11.6. The minimum atomic E-state index is -0.158. The van der Waals surface area contributed by atoms with Gasteiger partial charge >= 0.3 is 0 Å². The number of benzene rings is 1. The zero-order valence-corrected chi connectivity index (χ0v) is 13.8. The van der Waals surface area contributed by atoms with Gasteiger partial charge in [-0.3, -0.25) is 9.59 Å². The van der Waals surface area contributed by atoms with Crippen LogP contribution in [0.15, 0.2) is 30.5 Å². The van der Waals surface area contributed by atoms with Crippen molar-refractivity contribution >= 4 is 29.2 Å². The molecule has 24 heavy (non-hydrogen) atoms. The second-order valence-electron chi connectivity index (χ2n) is 5.79. The second kappa shape index (κ2) is 7.44. The number of nitrogens with zero attached hydrogens (tertiary/aromatic N) is 3. The van der Waals surface area contributed by atoms with Crippen molar-refractivity contribution in [2.45, 2.75) is 25.8 Å². The third-order valence-corrected chi connectivity index (χ3v) is 3.94. The molecule has 2 N–H and O–H groups in total. The predicted octanol–water partition coefficient (Wildman–Crippen LogP) is 1.64. The Bertz CT molecular complexity index is 724. The number of amides is 2. The van der Waals surface area contributed by atoms with Crippen LogP contribution in [0.4, 0.5) is 5.82 Å². The van der Waals surface area contributed by atoms with Gasteiger partial charge in [-0.15, -0.1) is 5.10 Å². The van der Waals surface area contributed by atoms with Gasteiger partial charge in [0, 0.05) is 17.5 Å². The van der Waals surface area contributed by atoms with Crippen molar-refractivity contribution in [1.29, 1.82) is 0 Å². The van der Waals surface area contributed by atoms with Crippen molar-refractivity contribution in [3.8, 4) is 0 Å². The Morgan fingerprint density at radius 2 is 2.00 bits per heavy atom. The quantitative estimate of drug-likeness (QED) is 0.796. The highest BCUT2D eigenvalue weighted by Crippen LogP contribution is 2.29. The Kier molecular flexibility index (Phi) is 5.10. The smallest absolute Gasteiger partial charge is 0.241 e. The van der Waals surface area contributed by atoms with E-state index in [-0.39, 0.29) is 24.3 Å². The number of nitrogens with one attached hydrogen (secondary N) is 2. The molecule has 1 aromatic carbocycles. The van der Waals surface area contributed by atoms with Crippen LogP contribution in [0.3, 0.4) is 0 Å². The molecular weight excluding hydrogens is 330 g/mol. The van der Waals surface area contributed by atoms with E-state index in [4.69, 9.17) is 11.6 Å². The van der Waals surface area contributed by atoms with E-state index in [9.17, 15) is 9.59 Å². The van der Waals surface area contributed by atoms with Gasteiger partial charge in [-0.25, -0.2) is 4.68 Å². The number of carbonyl (C=O) groups excluding carboxylic acids is 2. The van der Waals surface area contributed by atoms with Crippen molar-refractivity contribution in [3.63, 3.8) is 0 Å². The van der Waals surface area contributed by atoms with Gasteiger partial charge in [0.15, 0.2) is 5.82 Å². The van der Waals surface area contributed by atoms with Gasteiger partial charge in [-0.05, 0) is 37.0 Å². The van der Waals surface area contributed by atoms with E-state index >= 15 is 0 Å². The van der Waals surface area contributed by atoms with Crippen LogP contribution >= 0.6 is 11.6 Å². The van der Waals surface area contributed by atoms with Crippen LogP contribution in [0, 0.1) is 5.92 Å². The minimum Gasteiger partial charge on any atom is -0.354 e. The molecule has 0 atom stereocenters. The van der Waals surface area contributed by atoms with Gasteiger partial charge < -0.3 is 10.6 Å². The summed E-state index contributed by atoms with van der Waals surface area (Å²) >= 11 is 5.83. The highest BCUT2D eigenvalue weighted by atomic mass is 35.5. The summed E-state index contributed by atoms with van der Waals surface area (Å²) in [4.78, 5) is 23.5. The molecule has 0 spiro atoms. The lowest BCUT2D eigenvalue weighted by molar-refractivity contribution is -0.121.